The van der Waals surface area contributed by atoms with Crippen molar-refractivity contribution in [3.63, 3.8) is 0 Å². The molecule has 1 amide bonds. The molecule has 0 spiro atoms. The van der Waals surface area contributed by atoms with E-state index in [2.05, 4.69) is 5.32 Å². The number of carbonyl (C=O) groups is 1. The minimum atomic E-state index is -0.379. The average Bonchev–Trinajstić information content (AvgIpc) is 2.60. The second kappa shape index (κ2) is 6.91. The number of hydrogen-bond donors (Lipinski definition) is 1. The van der Waals surface area contributed by atoms with E-state index in [0.717, 1.165) is 6.42 Å². The lowest BCUT2D eigenvalue weighted by Gasteiger charge is -2.07. The summed E-state index contributed by atoms with van der Waals surface area (Å²) in [5.74, 6) is 0. The van der Waals surface area contributed by atoms with E-state index in [1.807, 2.05) is 13.8 Å². The molecule has 0 aromatic carbocycles. The number of alkyl carbamates (subject to hydrolysis) is 1. The SMILES string of the molecule is CC.CNC(=O)O[C@H]1CCOC1. The lowest BCUT2D eigenvalue weighted by molar-refractivity contribution is 0.0846. The van der Waals surface area contributed by atoms with Gasteiger partial charge in [-0.25, -0.2) is 4.79 Å². The molecule has 4 nitrogen and oxygen atoms in total. The first-order valence-electron chi connectivity index (χ1n) is 4.29. The fourth-order valence-electron chi connectivity index (χ4n) is 0.816. The highest BCUT2D eigenvalue weighted by Gasteiger charge is 2.18. The maximum atomic E-state index is 10.6. The quantitative estimate of drug-likeness (QED) is 0.650. The first kappa shape index (κ1) is 11.2. The molecule has 1 heterocycles. The van der Waals surface area contributed by atoms with E-state index in [1.54, 1.807) is 0 Å². The maximum Gasteiger partial charge on any atom is 0.407 e. The zero-order valence-electron chi connectivity index (χ0n) is 7.92. The Hall–Kier alpha value is -0.770. The highest BCUT2D eigenvalue weighted by Crippen LogP contribution is 2.07. The molecule has 1 rings (SSSR count). The fourth-order valence-corrected chi connectivity index (χ4v) is 0.816. The van der Waals surface area contributed by atoms with Gasteiger partial charge in [0.05, 0.1) is 13.2 Å². The molecule has 1 atom stereocenters. The summed E-state index contributed by atoms with van der Waals surface area (Å²) in [5.41, 5.74) is 0. The van der Waals surface area contributed by atoms with Gasteiger partial charge in [-0.15, -0.1) is 0 Å². The molecule has 0 aliphatic carbocycles. The van der Waals surface area contributed by atoms with Crippen LogP contribution in [-0.4, -0.2) is 32.5 Å². The van der Waals surface area contributed by atoms with Crippen LogP contribution in [0.3, 0.4) is 0 Å². The van der Waals surface area contributed by atoms with Gasteiger partial charge in [-0.3, -0.25) is 0 Å². The molecule has 1 N–H and O–H groups in total. The Morgan fingerprint density at radius 2 is 2.25 bits per heavy atom. The first-order valence-corrected chi connectivity index (χ1v) is 4.29. The minimum Gasteiger partial charge on any atom is -0.444 e. The summed E-state index contributed by atoms with van der Waals surface area (Å²) in [6.07, 6.45) is 0.392. The predicted octanol–water partition coefficient (Wildman–Crippen LogP) is 1.16. The van der Waals surface area contributed by atoms with Gasteiger partial charge in [0, 0.05) is 13.5 Å². The van der Waals surface area contributed by atoms with E-state index in [4.69, 9.17) is 9.47 Å². The van der Waals surface area contributed by atoms with Crippen molar-refractivity contribution >= 4 is 6.09 Å². The molecule has 0 radical (unpaired) electrons. The largest absolute Gasteiger partial charge is 0.444 e. The second-order valence-electron chi connectivity index (χ2n) is 2.14. The Balaban J connectivity index is 0.000000561. The molecule has 1 fully saturated rings. The number of hydrogen-bond acceptors (Lipinski definition) is 3. The Morgan fingerprint density at radius 3 is 2.67 bits per heavy atom. The van der Waals surface area contributed by atoms with Crippen LogP contribution in [0.2, 0.25) is 0 Å². The van der Waals surface area contributed by atoms with Gasteiger partial charge in [0.15, 0.2) is 0 Å². The third kappa shape index (κ3) is 4.18. The number of amides is 1. The number of carbonyl (C=O) groups excluding carboxylic acids is 1. The zero-order valence-corrected chi connectivity index (χ0v) is 7.92. The van der Waals surface area contributed by atoms with Crippen LogP contribution in [-0.2, 0) is 9.47 Å². The maximum absolute atomic E-state index is 10.6. The molecule has 0 saturated carbocycles. The van der Waals surface area contributed by atoms with Crippen molar-refractivity contribution in [1.82, 2.24) is 5.32 Å². The Morgan fingerprint density at radius 1 is 1.58 bits per heavy atom. The average molecular weight is 175 g/mol. The summed E-state index contributed by atoms with van der Waals surface area (Å²) in [6, 6.07) is 0. The summed E-state index contributed by atoms with van der Waals surface area (Å²) in [5, 5.41) is 2.38. The summed E-state index contributed by atoms with van der Waals surface area (Å²) in [4.78, 5) is 10.6. The summed E-state index contributed by atoms with van der Waals surface area (Å²) < 4.78 is 9.88. The fraction of sp³-hybridized carbons (Fsp3) is 0.875. The topological polar surface area (TPSA) is 47.6 Å². The zero-order chi connectivity index (χ0) is 9.40. The second-order valence-corrected chi connectivity index (χ2v) is 2.14. The van der Waals surface area contributed by atoms with Crippen LogP contribution < -0.4 is 5.32 Å². The lowest BCUT2D eigenvalue weighted by atomic mass is 10.3. The van der Waals surface area contributed by atoms with Crippen LogP contribution in [0.4, 0.5) is 4.79 Å². The smallest absolute Gasteiger partial charge is 0.407 e. The number of rotatable bonds is 1. The van der Waals surface area contributed by atoms with Crippen LogP contribution in [0.15, 0.2) is 0 Å². The van der Waals surface area contributed by atoms with Crippen molar-refractivity contribution in [2.24, 2.45) is 0 Å². The normalized spacial score (nSPS) is 20.8. The van der Waals surface area contributed by atoms with Crippen molar-refractivity contribution in [3.8, 4) is 0 Å². The minimum absolute atomic E-state index is 0.0417. The van der Waals surface area contributed by atoms with Crippen molar-refractivity contribution < 1.29 is 14.3 Å². The molecule has 0 bridgehead atoms. The van der Waals surface area contributed by atoms with E-state index in [-0.39, 0.29) is 12.2 Å². The van der Waals surface area contributed by atoms with Crippen LogP contribution in [0.25, 0.3) is 0 Å². The van der Waals surface area contributed by atoms with Gasteiger partial charge in [0.25, 0.3) is 0 Å². The van der Waals surface area contributed by atoms with Crippen LogP contribution >= 0.6 is 0 Å². The summed E-state index contributed by atoms with van der Waals surface area (Å²) in [6.45, 7) is 5.23. The summed E-state index contributed by atoms with van der Waals surface area (Å²) in [7, 11) is 1.54. The Labute approximate surface area is 73.2 Å². The third-order valence-electron chi connectivity index (χ3n) is 1.37. The lowest BCUT2D eigenvalue weighted by Crippen LogP contribution is -2.25. The van der Waals surface area contributed by atoms with Gasteiger partial charge < -0.3 is 14.8 Å². The molecule has 12 heavy (non-hydrogen) atoms. The molecule has 72 valence electrons. The Bertz CT molecular complexity index is 121. The third-order valence-corrected chi connectivity index (χ3v) is 1.37. The molecular weight excluding hydrogens is 158 g/mol. The van der Waals surface area contributed by atoms with Gasteiger partial charge >= 0.3 is 6.09 Å². The van der Waals surface area contributed by atoms with E-state index < -0.39 is 0 Å². The highest BCUT2D eigenvalue weighted by atomic mass is 16.6. The molecule has 1 aliphatic rings. The van der Waals surface area contributed by atoms with E-state index >= 15 is 0 Å². The molecule has 0 aromatic heterocycles. The molecule has 0 unspecified atom stereocenters. The van der Waals surface area contributed by atoms with E-state index in [0.29, 0.717) is 13.2 Å². The molecule has 4 heteroatoms. The standard InChI is InChI=1S/C6H11NO3.C2H6/c1-7-6(8)10-5-2-3-9-4-5;1-2/h5H,2-4H2,1H3,(H,7,8);1-2H3/t5-;/m0./s1. The predicted molar refractivity (Wildman–Crippen MR) is 46.1 cm³/mol. The van der Waals surface area contributed by atoms with Gasteiger partial charge in [0.1, 0.15) is 6.10 Å². The Kier molecular flexibility index (Phi) is 6.47. The van der Waals surface area contributed by atoms with Crippen molar-refractivity contribution in [3.05, 3.63) is 0 Å². The van der Waals surface area contributed by atoms with Crippen molar-refractivity contribution in [2.45, 2.75) is 26.4 Å². The van der Waals surface area contributed by atoms with Crippen molar-refractivity contribution in [2.75, 3.05) is 20.3 Å². The van der Waals surface area contributed by atoms with Crippen molar-refractivity contribution in [1.29, 1.82) is 0 Å². The molecule has 1 aliphatic heterocycles. The van der Waals surface area contributed by atoms with Gasteiger partial charge in [-0.2, -0.15) is 0 Å². The van der Waals surface area contributed by atoms with Gasteiger partial charge in [0.2, 0.25) is 0 Å². The number of ether oxygens (including phenoxy) is 2. The molecule has 0 aromatic rings. The van der Waals surface area contributed by atoms with E-state index in [9.17, 15) is 4.79 Å². The van der Waals surface area contributed by atoms with Crippen LogP contribution in [0, 0.1) is 0 Å². The van der Waals surface area contributed by atoms with E-state index in [1.165, 1.54) is 7.05 Å². The summed E-state index contributed by atoms with van der Waals surface area (Å²) >= 11 is 0. The van der Waals surface area contributed by atoms with Crippen LogP contribution in [0.5, 0.6) is 0 Å². The monoisotopic (exact) mass is 175 g/mol. The highest BCUT2D eigenvalue weighted by molar-refractivity contribution is 5.66. The molecular formula is C8H17NO3. The molecule has 1 saturated heterocycles. The first-order chi connectivity index (χ1) is 5.83. The number of nitrogens with one attached hydrogen (secondary N) is 1. The van der Waals surface area contributed by atoms with Gasteiger partial charge in [-0.1, -0.05) is 13.8 Å². The van der Waals surface area contributed by atoms with Crippen LogP contribution in [0.1, 0.15) is 20.3 Å². The van der Waals surface area contributed by atoms with Gasteiger partial charge in [-0.05, 0) is 0 Å².